The number of hydrogen-bond acceptors (Lipinski definition) is 5. The third-order valence-electron chi connectivity index (χ3n) is 4.88. The maximum atomic E-state index is 12.5. The Kier molecular flexibility index (Phi) is 5.44. The highest BCUT2D eigenvalue weighted by Gasteiger charge is 2.37. The van der Waals surface area contributed by atoms with E-state index in [4.69, 9.17) is 4.74 Å². The van der Waals surface area contributed by atoms with E-state index in [2.05, 4.69) is 21.7 Å². The topological polar surface area (TPSA) is 45.7 Å². The molecule has 1 aromatic rings. The van der Waals surface area contributed by atoms with Crippen molar-refractivity contribution in [1.29, 1.82) is 0 Å². The Morgan fingerprint density at radius 3 is 2.91 bits per heavy atom. The number of aromatic nitrogens is 1. The first-order valence-corrected chi connectivity index (χ1v) is 9.19. The number of carbonyl (C=O) groups excluding carboxylic acids is 1. The van der Waals surface area contributed by atoms with E-state index < -0.39 is 0 Å². The van der Waals surface area contributed by atoms with E-state index in [1.165, 1.54) is 0 Å². The lowest BCUT2D eigenvalue weighted by atomic mass is 9.99. The maximum Gasteiger partial charge on any atom is 0.223 e. The number of nitrogens with zero attached hydrogens (tertiary/aromatic N) is 3. The molecule has 2 saturated heterocycles. The zero-order chi connectivity index (χ0) is 15.4. The molecular weight excluding hydrogens is 298 g/mol. The minimum absolute atomic E-state index is 0.280. The molecule has 0 spiro atoms. The predicted octanol–water partition coefficient (Wildman–Crippen LogP) is 1.64. The first kappa shape index (κ1) is 15.9. The largest absolute Gasteiger partial charge is 0.379 e. The average molecular weight is 323 g/mol. The molecule has 3 rings (SSSR count). The minimum atomic E-state index is 0.280. The first-order valence-electron chi connectivity index (χ1n) is 8.24. The van der Waals surface area contributed by atoms with Gasteiger partial charge in [-0.15, -0.1) is 11.3 Å². The molecule has 0 bridgehead atoms. The number of aryl methyl sites for hydroxylation is 1. The second-order valence-corrected chi connectivity index (χ2v) is 6.88. The fourth-order valence-corrected chi connectivity index (χ4v) is 4.13. The standard InChI is InChI=1S/C16H25N3O2S/c1-2-13-9-19(10-15(13)18-5-7-21-8-6-18)16(20)4-3-14-11-22-12-17-14/h11-13,15H,2-10H2,1H3. The van der Waals surface area contributed by atoms with Crippen LogP contribution in [0.3, 0.4) is 0 Å². The molecule has 0 radical (unpaired) electrons. The molecule has 1 amide bonds. The van der Waals surface area contributed by atoms with Gasteiger partial charge < -0.3 is 9.64 Å². The lowest BCUT2D eigenvalue weighted by Crippen LogP contribution is -2.47. The SMILES string of the molecule is CCC1CN(C(=O)CCc2cscn2)CC1N1CCOCC1. The number of ether oxygens (including phenoxy) is 1. The van der Waals surface area contributed by atoms with Crippen molar-refractivity contribution < 1.29 is 9.53 Å². The van der Waals surface area contributed by atoms with Crippen LogP contribution in [0.15, 0.2) is 10.9 Å². The zero-order valence-corrected chi connectivity index (χ0v) is 14.1. The van der Waals surface area contributed by atoms with Gasteiger partial charge in [-0.2, -0.15) is 0 Å². The van der Waals surface area contributed by atoms with Crippen molar-refractivity contribution in [3.63, 3.8) is 0 Å². The molecule has 0 aliphatic carbocycles. The third kappa shape index (κ3) is 3.67. The number of amides is 1. The van der Waals surface area contributed by atoms with Crippen LogP contribution >= 0.6 is 11.3 Å². The fraction of sp³-hybridized carbons (Fsp3) is 0.750. The average Bonchev–Trinajstić information content (AvgIpc) is 3.22. The van der Waals surface area contributed by atoms with Crippen LogP contribution in [0.2, 0.25) is 0 Å². The van der Waals surface area contributed by atoms with Gasteiger partial charge in [0, 0.05) is 44.0 Å². The Bertz CT molecular complexity index is 474. The van der Waals surface area contributed by atoms with Crippen molar-refractivity contribution in [3.05, 3.63) is 16.6 Å². The minimum Gasteiger partial charge on any atom is -0.379 e. The molecule has 2 fully saturated rings. The normalized spacial score (nSPS) is 26.5. The summed E-state index contributed by atoms with van der Waals surface area (Å²) in [7, 11) is 0. The van der Waals surface area contributed by atoms with Crippen LogP contribution in [0.4, 0.5) is 0 Å². The smallest absolute Gasteiger partial charge is 0.223 e. The molecule has 5 nitrogen and oxygen atoms in total. The Morgan fingerprint density at radius 1 is 1.41 bits per heavy atom. The lowest BCUT2D eigenvalue weighted by molar-refractivity contribution is -0.130. The highest BCUT2D eigenvalue weighted by molar-refractivity contribution is 7.07. The van der Waals surface area contributed by atoms with Crippen molar-refractivity contribution in [2.75, 3.05) is 39.4 Å². The number of rotatable bonds is 5. The summed E-state index contributed by atoms with van der Waals surface area (Å²) >= 11 is 1.59. The van der Waals surface area contributed by atoms with Crippen LogP contribution in [0.25, 0.3) is 0 Å². The monoisotopic (exact) mass is 323 g/mol. The van der Waals surface area contributed by atoms with Crippen LogP contribution in [0.1, 0.15) is 25.5 Å². The molecule has 2 atom stereocenters. The first-order chi connectivity index (χ1) is 10.8. The Hall–Kier alpha value is -0.980. The summed E-state index contributed by atoms with van der Waals surface area (Å²) in [5.41, 5.74) is 2.87. The molecule has 0 aromatic carbocycles. The molecule has 122 valence electrons. The molecule has 0 N–H and O–H groups in total. The summed E-state index contributed by atoms with van der Waals surface area (Å²) in [5.74, 6) is 0.878. The van der Waals surface area contributed by atoms with Gasteiger partial charge in [0.25, 0.3) is 0 Å². The quantitative estimate of drug-likeness (QED) is 0.826. The van der Waals surface area contributed by atoms with Crippen LogP contribution < -0.4 is 0 Å². The second kappa shape index (κ2) is 7.53. The highest BCUT2D eigenvalue weighted by Crippen LogP contribution is 2.26. The Labute approximate surface area is 136 Å². The summed E-state index contributed by atoms with van der Waals surface area (Å²) in [5, 5.41) is 2.03. The molecule has 22 heavy (non-hydrogen) atoms. The van der Waals surface area contributed by atoms with E-state index in [1.54, 1.807) is 11.3 Å². The van der Waals surface area contributed by atoms with Crippen LogP contribution in [0, 0.1) is 5.92 Å². The van der Waals surface area contributed by atoms with Crippen molar-refractivity contribution in [1.82, 2.24) is 14.8 Å². The van der Waals surface area contributed by atoms with E-state index in [-0.39, 0.29) is 5.91 Å². The predicted molar refractivity (Wildman–Crippen MR) is 87.0 cm³/mol. The number of morpholine rings is 1. The molecule has 3 heterocycles. The Morgan fingerprint density at radius 2 is 2.23 bits per heavy atom. The zero-order valence-electron chi connectivity index (χ0n) is 13.2. The van der Waals surface area contributed by atoms with Crippen molar-refractivity contribution in [2.24, 2.45) is 5.92 Å². The van der Waals surface area contributed by atoms with Crippen LogP contribution in [-0.2, 0) is 16.0 Å². The molecule has 6 heteroatoms. The van der Waals surface area contributed by atoms with Crippen molar-refractivity contribution >= 4 is 17.2 Å². The number of carbonyl (C=O) groups is 1. The summed E-state index contributed by atoms with van der Waals surface area (Å²) in [4.78, 5) is 21.3. The molecule has 1 aromatic heterocycles. The van der Waals surface area contributed by atoms with Crippen LogP contribution in [0.5, 0.6) is 0 Å². The number of hydrogen-bond donors (Lipinski definition) is 0. The van der Waals surface area contributed by atoms with Crippen molar-refractivity contribution in [3.8, 4) is 0 Å². The van der Waals surface area contributed by atoms with E-state index >= 15 is 0 Å². The summed E-state index contributed by atoms with van der Waals surface area (Å²) in [6.07, 6.45) is 2.48. The molecule has 2 unspecified atom stereocenters. The molecule has 2 aliphatic heterocycles. The lowest BCUT2D eigenvalue weighted by Gasteiger charge is -2.34. The van der Waals surface area contributed by atoms with Crippen LogP contribution in [-0.4, -0.2) is 66.1 Å². The van der Waals surface area contributed by atoms with Gasteiger partial charge in [0.05, 0.1) is 24.4 Å². The summed E-state index contributed by atoms with van der Waals surface area (Å²) < 4.78 is 5.45. The Balaban J connectivity index is 1.54. The van der Waals surface area contributed by atoms with E-state index in [9.17, 15) is 4.79 Å². The van der Waals surface area contributed by atoms with E-state index in [0.717, 1.165) is 57.9 Å². The number of likely N-dealkylation sites (tertiary alicyclic amines) is 1. The highest BCUT2D eigenvalue weighted by atomic mass is 32.1. The molecule has 0 saturated carbocycles. The fourth-order valence-electron chi connectivity index (χ4n) is 3.54. The van der Waals surface area contributed by atoms with Gasteiger partial charge >= 0.3 is 0 Å². The van der Waals surface area contributed by atoms with Gasteiger partial charge in [-0.3, -0.25) is 9.69 Å². The summed E-state index contributed by atoms with van der Waals surface area (Å²) in [6.45, 7) is 7.68. The number of thiazole rings is 1. The van der Waals surface area contributed by atoms with E-state index in [0.29, 0.717) is 18.4 Å². The third-order valence-corrected chi connectivity index (χ3v) is 5.51. The second-order valence-electron chi connectivity index (χ2n) is 6.16. The van der Waals surface area contributed by atoms with Gasteiger partial charge in [0.2, 0.25) is 5.91 Å². The molecule has 2 aliphatic rings. The molecular formula is C16H25N3O2S. The van der Waals surface area contributed by atoms with Gasteiger partial charge in [-0.1, -0.05) is 13.3 Å². The van der Waals surface area contributed by atoms with Gasteiger partial charge in [0.1, 0.15) is 0 Å². The van der Waals surface area contributed by atoms with Crippen molar-refractivity contribution in [2.45, 2.75) is 32.2 Å². The maximum absolute atomic E-state index is 12.5. The summed E-state index contributed by atoms with van der Waals surface area (Å²) in [6, 6.07) is 0.511. The van der Waals surface area contributed by atoms with Gasteiger partial charge in [0.15, 0.2) is 0 Å². The van der Waals surface area contributed by atoms with Gasteiger partial charge in [-0.25, -0.2) is 4.98 Å². The van der Waals surface area contributed by atoms with E-state index in [1.807, 2.05) is 10.9 Å². The van der Waals surface area contributed by atoms with Gasteiger partial charge in [-0.05, 0) is 12.3 Å².